The second-order valence-corrected chi connectivity index (χ2v) is 9.56. The van der Waals surface area contributed by atoms with Gasteiger partial charge in [-0.05, 0) is 51.0 Å². The summed E-state index contributed by atoms with van der Waals surface area (Å²) in [6.07, 6.45) is 0. The zero-order valence-corrected chi connectivity index (χ0v) is 18.7. The van der Waals surface area contributed by atoms with Crippen molar-refractivity contribution in [3.63, 3.8) is 0 Å². The van der Waals surface area contributed by atoms with Crippen LogP contribution in [0, 0.1) is 0 Å². The molecule has 7 nitrogen and oxygen atoms in total. The van der Waals surface area contributed by atoms with Crippen molar-refractivity contribution in [2.75, 3.05) is 13.1 Å². The summed E-state index contributed by atoms with van der Waals surface area (Å²) in [5.74, 6) is -0.985. The number of hydrogen-bond acceptors (Lipinski definition) is 5. The summed E-state index contributed by atoms with van der Waals surface area (Å²) in [7, 11) is -3.84. The van der Waals surface area contributed by atoms with Crippen LogP contribution in [0.25, 0.3) is 0 Å². The van der Waals surface area contributed by atoms with E-state index in [1.807, 2.05) is 0 Å². The quantitative estimate of drug-likeness (QED) is 0.529. The number of nitrogens with one attached hydrogen (secondary N) is 1. The summed E-state index contributed by atoms with van der Waals surface area (Å²) in [6, 6.07) is 14.4. The molecule has 0 heterocycles. The number of amides is 1. The Bertz CT molecular complexity index is 953. The smallest absolute Gasteiger partial charge is 0.258 e. The van der Waals surface area contributed by atoms with Gasteiger partial charge in [-0.25, -0.2) is 13.1 Å². The van der Waals surface area contributed by atoms with Crippen LogP contribution in [0.2, 0.25) is 0 Å². The number of hydrogen-bond donors (Lipinski definition) is 3. The van der Waals surface area contributed by atoms with Crippen LogP contribution in [0.5, 0.6) is 0 Å². The normalized spacial score (nSPS) is 14.3. The maximum Gasteiger partial charge on any atom is 0.258 e. The van der Waals surface area contributed by atoms with E-state index in [0.717, 1.165) is 0 Å². The molecule has 0 spiro atoms. The summed E-state index contributed by atoms with van der Waals surface area (Å²) in [4.78, 5) is 14.3. The molecule has 2 rings (SSSR count). The zero-order valence-electron chi connectivity index (χ0n) is 17.9. The van der Waals surface area contributed by atoms with Crippen LogP contribution < -0.4 is 10.5 Å². The predicted octanol–water partition coefficient (Wildman–Crippen LogP) is 1.80. The van der Waals surface area contributed by atoms with Gasteiger partial charge in [0.1, 0.15) is 0 Å². The minimum atomic E-state index is -3.84. The second kappa shape index (κ2) is 9.70. The molecule has 2 aromatic rings. The number of nitrogens with two attached hydrogens (primary N) is 1. The van der Waals surface area contributed by atoms with Crippen LogP contribution in [-0.4, -0.2) is 49.5 Å². The van der Waals surface area contributed by atoms with Gasteiger partial charge < -0.3 is 10.8 Å². The largest absolute Gasteiger partial charge is 0.372 e. The zero-order chi connectivity index (χ0) is 22.5. The van der Waals surface area contributed by atoms with Crippen molar-refractivity contribution >= 4 is 15.9 Å². The summed E-state index contributed by atoms with van der Waals surface area (Å²) in [6.45, 7) is 9.04. The maximum absolute atomic E-state index is 12.8. The van der Waals surface area contributed by atoms with Crippen LogP contribution in [0.3, 0.4) is 0 Å². The molecular weight excluding hydrogens is 402 g/mol. The van der Waals surface area contributed by atoms with E-state index in [2.05, 4.69) is 37.3 Å². The third kappa shape index (κ3) is 5.26. The van der Waals surface area contributed by atoms with Gasteiger partial charge in [0.25, 0.3) is 5.91 Å². The first-order valence-electron chi connectivity index (χ1n) is 9.94. The highest BCUT2D eigenvalue weighted by Gasteiger charge is 2.38. The minimum absolute atomic E-state index is 0.0451. The van der Waals surface area contributed by atoms with Crippen molar-refractivity contribution in [3.8, 4) is 0 Å². The average molecular weight is 434 g/mol. The first kappa shape index (κ1) is 24.0. The van der Waals surface area contributed by atoms with Crippen molar-refractivity contribution in [1.29, 1.82) is 0 Å². The fourth-order valence-electron chi connectivity index (χ4n) is 3.52. The van der Waals surface area contributed by atoms with Gasteiger partial charge in [-0.3, -0.25) is 9.69 Å². The molecule has 4 N–H and O–H groups in total. The molecule has 0 aliphatic carbocycles. The Labute approximate surface area is 179 Å². The van der Waals surface area contributed by atoms with Crippen LogP contribution in [0.4, 0.5) is 0 Å². The molecule has 0 fully saturated rings. The van der Waals surface area contributed by atoms with E-state index in [-0.39, 0.29) is 34.7 Å². The monoisotopic (exact) mass is 433 g/mol. The molecule has 0 saturated heterocycles. The van der Waals surface area contributed by atoms with E-state index in [1.54, 1.807) is 30.3 Å². The summed E-state index contributed by atoms with van der Waals surface area (Å²) >= 11 is 0. The number of rotatable bonds is 10. The Morgan fingerprint density at radius 2 is 1.60 bits per heavy atom. The number of carbonyl (C=O) groups is 1. The van der Waals surface area contributed by atoms with E-state index in [9.17, 15) is 18.3 Å². The van der Waals surface area contributed by atoms with Crippen molar-refractivity contribution in [1.82, 2.24) is 9.62 Å². The molecule has 0 aliphatic heterocycles. The standard InChI is InChI=1S/C22H31N3O4S/c1-16(2)25(17(3)4)14-13-24-30(28,29)20-12-8-11-19(15-20)22(27,21(23)26)18-9-6-5-7-10-18/h5-12,15-17,24,27H,13-14H2,1-4H3,(H2,23,26). The van der Waals surface area contributed by atoms with Crippen molar-refractivity contribution in [2.45, 2.75) is 50.3 Å². The molecular formula is C22H31N3O4S. The van der Waals surface area contributed by atoms with Gasteiger partial charge in [-0.15, -0.1) is 0 Å². The molecule has 1 amide bonds. The third-order valence-electron chi connectivity index (χ3n) is 5.10. The Balaban J connectivity index is 2.30. The first-order valence-corrected chi connectivity index (χ1v) is 11.4. The van der Waals surface area contributed by atoms with E-state index < -0.39 is 21.5 Å². The third-order valence-corrected chi connectivity index (χ3v) is 6.56. The van der Waals surface area contributed by atoms with E-state index in [0.29, 0.717) is 6.54 Å². The summed E-state index contributed by atoms with van der Waals surface area (Å²) in [5, 5.41) is 11.1. The molecule has 8 heteroatoms. The number of aliphatic hydroxyl groups is 1. The van der Waals surface area contributed by atoms with Gasteiger partial charge >= 0.3 is 0 Å². The minimum Gasteiger partial charge on any atom is -0.372 e. The second-order valence-electron chi connectivity index (χ2n) is 7.79. The Kier molecular flexibility index (Phi) is 7.76. The van der Waals surface area contributed by atoms with Gasteiger partial charge in [-0.1, -0.05) is 42.5 Å². The molecule has 2 aromatic carbocycles. The summed E-state index contributed by atoms with van der Waals surface area (Å²) < 4.78 is 28.2. The molecule has 164 valence electrons. The van der Waals surface area contributed by atoms with Crippen molar-refractivity contribution in [2.24, 2.45) is 5.73 Å². The molecule has 0 saturated carbocycles. The number of sulfonamides is 1. The molecule has 0 aliphatic rings. The van der Waals surface area contributed by atoms with Crippen molar-refractivity contribution < 1.29 is 18.3 Å². The molecule has 0 aromatic heterocycles. The summed E-state index contributed by atoms with van der Waals surface area (Å²) in [5.41, 5.74) is 3.73. The lowest BCUT2D eigenvalue weighted by Crippen LogP contribution is -2.43. The van der Waals surface area contributed by atoms with E-state index in [4.69, 9.17) is 5.73 Å². The number of nitrogens with zero attached hydrogens (tertiary/aromatic N) is 1. The van der Waals surface area contributed by atoms with Crippen molar-refractivity contribution in [3.05, 3.63) is 65.7 Å². The highest BCUT2D eigenvalue weighted by molar-refractivity contribution is 7.89. The number of primary amides is 1. The Hall–Kier alpha value is -2.26. The highest BCUT2D eigenvalue weighted by Crippen LogP contribution is 2.30. The molecule has 30 heavy (non-hydrogen) atoms. The van der Waals surface area contributed by atoms with Gasteiger partial charge in [0.2, 0.25) is 10.0 Å². The average Bonchev–Trinajstić information content (AvgIpc) is 2.70. The van der Waals surface area contributed by atoms with Crippen LogP contribution in [-0.2, 0) is 20.4 Å². The van der Waals surface area contributed by atoms with Crippen LogP contribution >= 0.6 is 0 Å². The van der Waals surface area contributed by atoms with Crippen LogP contribution in [0.15, 0.2) is 59.5 Å². The SMILES string of the molecule is CC(C)N(CCNS(=O)(=O)c1cccc(C(O)(C(N)=O)c2ccccc2)c1)C(C)C. The predicted molar refractivity (Wildman–Crippen MR) is 117 cm³/mol. The highest BCUT2D eigenvalue weighted by atomic mass is 32.2. The van der Waals surface area contributed by atoms with E-state index in [1.165, 1.54) is 24.3 Å². The fraction of sp³-hybridized carbons (Fsp3) is 0.409. The van der Waals surface area contributed by atoms with Gasteiger partial charge in [0.05, 0.1) is 4.90 Å². The first-order chi connectivity index (χ1) is 14.0. The molecule has 0 bridgehead atoms. The number of carbonyl (C=O) groups excluding carboxylic acids is 1. The van der Waals surface area contributed by atoms with Crippen LogP contribution in [0.1, 0.15) is 38.8 Å². The van der Waals surface area contributed by atoms with Gasteiger partial charge in [0.15, 0.2) is 5.60 Å². The van der Waals surface area contributed by atoms with Gasteiger partial charge in [0, 0.05) is 25.2 Å². The molecule has 0 radical (unpaired) electrons. The molecule has 1 atom stereocenters. The van der Waals surface area contributed by atoms with Gasteiger partial charge in [-0.2, -0.15) is 0 Å². The topological polar surface area (TPSA) is 113 Å². The Morgan fingerprint density at radius 3 is 2.13 bits per heavy atom. The fourth-order valence-corrected chi connectivity index (χ4v) is 4.59. The lowest BCUT2D eigenvalue weighted by Gasteiger charge is -2.30. The van der Waals surface area contributed by atoms with E-state index >= 15 is 0 Å². The maximum atomic E-state index is 12.8. The number of benzene rings is 2. The molecule has 1 unspecified atom stereocenters. The lowest BCUT2D eigenvalue weighted by molar-refractivity contribution is -0.133. The lowest BCUT2D eigenvalue weighted by atomic mass is 9.86. The Morgan fingerprint density at radius 1 is 1.03 bits per heavy atom.